The highest BCUT2D eigenvalue weighted by Crippen LogP contribution is 2.39. The fraction of sp³-hybridized carbons (Fsp3) is 0.171. The van der Waals surface area contributed by atoms with Crippen LogP contribution in [0, 0.1) is 0 Å². The summed E-state index contributed by atoms with van der Waals surface area (Å²) in [5, 5.41) is 23.3. The molecule has 0 saturated heterocycles. The average Bonchev–Trinajstić information content (AvgIpc) is 3.77. The third kappa shape index (κ3) is 6.07. The van der Waals surface area contributed by atoms with Crippen LogP contribution in [-0.2, 0) is 25.1 Å². The fourth-order valence-corrected chi connectivity index (χ4v) is 7.09. The fourth-order valence-electron chi connectivity index (χ4n) is 6.84. The number of hydrogen-bond acceptors (Lipinski definition) is 4. The summed E-state index contributed by atoms with van der Waals surface area (Å²) in [6.45, 7) is 2.46. The van der Waals surface area contributed by atoms with Crippen LogP contribution in [0.15, 0.2) is 140 Å². The molecule has 0 spiro atoms. The van der Waals surface area contributed by atoms with E-state index in [1.54, 1.807) is 0 Å². The molecule has 49 heavy (non-hydrogen) atoms. The van der Waals surface area contributed by atoms with E-state index in [1.807, 2.05) is 36.4 Å². The lowest BCUT2D eigenvalue weighted by atomic mass is 9.77. The van der Waals surface area contributed by atoms with E-state index in [4.69, 9.17) is 16.7 Å². The normalized spacial score (nSPS) is 11.6. The van der Waals surface area contributed by atoms with Gasteiger partial charge in [-0.3, -0.25) is 0 Å². The number of rotatable bonds is 12. The maximum absolute atomic E-state index is 10.3. The summed E-state index contributed by atoms with van der Waals surface area (Å²) in [5.74, 6) is 1.55. The molecule has 0 bridgehead atoms. The Balaban J connectivity index is 1.48. The van der Waals surface area contributed by atoms with Crippen molar-refractivity contribution in [1.29, 1.82) is 0 Å². The minimum atomic E-state index is -0.845. The molecule has 244 valence electrons. The first-order valence-electron chi connectivity index (χ1n) is 16.7. The Morgan fingerprint density at radius 3 is 1.88 bits per heavy atom. The van der Waals surface area contributed by atoms with Gasteiger partial charge in [-0.25, -0.2) is 4.98 Å². The maximum Gasteiger partial charge on any atom is 0.334 e. The van der Waals surface area contributed by atoms with Crippen molar-refractivity contribution in [2.45, 2.75) is 44.9 Å². The summed E-state index contributed by atoms with van der Waals surface area (Å²) in [6.07, 6.45) is 2.80. The monoisotopic (exact) mass is 665 g/mol. The first-order valence-corrected chi connectivity index (χ1v) is 17.1. The Kier molecular flexibility index (Phi) is 9.46. The van der Waals surface area contributed by atoms with Crippen molar-refractivity contribution < 1.29 is 9.79 Å². The van der Waals surface area contributed by atoms with Gasteiger partial charge < -0.3 is 9.67 Å². The number of unbranched alkanes of at least 4 members (excludes halogenated alkanes) is 1. The van der Waals surface area contributed by atoms with Crippen molar-refractivity contribution in [2.75, 3.05) is 0 Å². The van der Waals surface area contributed by atoms with Crippen molar-refractivity contribution in [2.24, 2.45) is 0 Å². The van der Waals surface area contributed by atoms with Gasteiger partial charge in [0.2, 0.25) is 0 Å². The number of aliphatic hydroxyl groups excluding tert-OH is 1. The van der Waals surface area contributed by atoms with E-state index in [1.165, 1.54) is 0 Å². The number of aryl methyl sites for hydroxylation is 1. The maximum atomic E-state index is 10.3. The average molecular weight is 666 g/mol. The summed E-state index contributed by atoms with van der Waals surface area (Å²) >= 11 is 6.54. The summed E-state index contributed by atoms with van der Waals surface area (Å²) in [7, 11) is 0. The zero-order valence-corrected chi connectivity index (χ0v) is 28.1. The highest BCUT2D eigenvalue weighted by Gasteiger charge is 2.46. The number of imidazole rings is 1. The van der Waals surface area contributed by atoms with Crippen LogP contribution in [0.2, 0.25) is 5.15 Å². The standard InChI is InChI=1S/C41H37ClN6O/c1-2-3-24-38-43-39(42)37(29-49)47(38)28-30-25-26-35(31-16-8-4-9-17-31)36(27-30)40-44-45-46-48(40)41(32-18-10-5-11-19-32,33-20-12-6-13-21-33)34-22-14-7-15-23-34/h4-23,25-27,49H,2-3,24,28-29H2,1H3/p+1. The van der Waals surface area contributed by atoms with Crippen molar-refractivity contribution in [3.8, 4) is 22.5 Å². The number of aromatic amines is 1. The highest BCUT2D eigenvalue weighted by atomic mass is 35.5. The second-order valence-corrected chi connectivity index (χ2v) is 12.5. The van der Waals surface area contributed by atoms with Crippen LogP contribution in [0.1, 0.15) is 53.5 Å². The van der Waals surface area contributed by atoms with E-state index in [0.717, 1.165) is 64.0 Å². The minimum absolute atomic E-state index is 0.191. The molecule has 0 unspecified atom stereocenters. The van der Waals surface area contributed by atoms with E-state index < -0.39 is 5.54 Å². The van der Waals surface area contributed by atoms with Gasteiger partial charge in [0.15, 0.2) is 15.9 Å². The van der Waals surface area contributed by atoms with Crippen molar-refractivity contribution in [3.05, 3.63) is 178 Å². The van der Waals surface area contributed by atoms with Gasteiger partial charge in [0.05, 0.1) is 17.9 Å². The molecule has 5 aromatic carbocycles. The van der Waals surface area contributed by atoms with E-state index in [-0.39, 0.29) is 6.61 Å². The Morgan fingerprint density at radius 2 is 1.33 bits per heavy atom. The third-order valence-corrected chi connectivity index (χ3v) is 9.47. The Bertz CT molecular complexity index is 2030. The van der Waals surface area contributed by atoms with Crippen LogP contribution in [-0.4, -0.2) is 30.2 Å². The molecular weight excluding hydrogens is 628 g/mol. The number of nitrogens with zero attached hydrogens (tertiary/aromatic N) is 5. The molecule has 0 saturated carbocycles. The topological polar surface area (TPSA) is 83.5 Å². The molecule has 0 fully saturated rings. The summed E-state index contributed by atoms with van der Waals surface area (Å²) < 4.78 is 4.15. The van der Waals surface area contributed by atoms with Crippen molar-refractivity contribution in [3.63, 3.8) is 0 Å². The lowest BCUT2D eigenvalue weighted by molar-refractivity contribution is -0.779. The molecule has 0 atom stereocenters. The first kappa shape index (κ1) is 32.2. The molecule has 7 aromatic rings. The number of H-pyrrole nitrogens is 1. The second kappa shape index (κ2) is 14.4. The molecule has 7 rings (SSSR count). The minimum Gasteiger partial charge on any atom is -0.390 e. The second-order valence-electron chi connectivity index (χ2n) is 12.1. The summed E-state index contributed by atoms with van der Waals surface area (Å²) in [4.78, 5) is 4.64. The third-order valence-electron chi connectivity index (χ3n) is 9.17. The van der Waals surface area contributed by atoms with Crippen molar-refractivity contribution in [1.82, 2.24) is 25.1 Å². The van der Waals surface area contributed by atoms with Gasteiger partial charge in [-0.2, -0.15) is 0 Å². The largest absolute Gasteiger partial charge is 0.390 e. The summed E-state index contributed by atoms with van der Waals surface area (Å²) in [6, 6.07) is 48.3. The Hall–Kier alpha value is -5.37. The number of benzene rings is 5. The predicted molar refractivity (Wildman–Crippen MR) is 193 cm³/mol. The van der Waals surface area contributed by atoms with Crippen LogP contribution in [0.4, 0.5) is 0 Å². The number of hydrogen-bond donors (Lipinski definition) is 2. The zero-order valence-electron chi connectivity index (χ0n) is 27.4. The molecule has 0 amide bonds. The molecular formula is C41H38ClN6O+. The lowest BCUT2D eigenvalue weighted by Gasteiger charge is -2.33. The molecule has 0 aliphatic rings. The van der Waals surface area contributed by atoms with Crippen LogP contribution in [0.25, 0.3) is 22.5 Å². The van der Waals surface area contributed by atoms with Gasteiger partial charge in [0, 0.05) is 29.7 Å². The highest BCUT2D eigenvalue weighted by molar-refractivity contribution is 6.30. The number of aliphatic hydroxyl groups is 1. The molecule has 8 heteroatoms. The van der Waals surface area contributed by atoms with Gasteiger partial charge in [-0.05, 0) is 29.2 Å². The van der Waals surface area contributed by atoms with Crippen LogP contribution in [0.3, 0.4) is 0 Å². The van der Waals surface area contributed by atoms with Crippen LogP contribution in [0.5, 0.6) is 0 Å². The van der Waals surface area contributed by atoms with E-state index in [9.17, 15) is 5.11 Å². The predicted octanol–water partition coefficient (Wildman–Crippen LogP) is 8.00. The van der Waals surface area contributed by atoms with Gasteiger partial charge >= 0.3 is 5.82 Å². The zero-order chi connectivity index (χ0) is 33.6. The molecule has 2 heterocycles. The van der Waals surface area contributed by atoms with E-state index in [2.05, 4.69) is 135 Å². The van der Waals surface area contributed by atoms with Gasteiger partial charge in [0.1, 0.15) is 10.9 Å². The number of tetrazole rings is 1. The number of aromatic nitrogens is 6. The van der Waals surface area contributed by atoms with Gasteiger partial charge in [0.25, 0.3) is 0 Å². The number of nitrogens with one attached hydrogen (secondary N) is 1. The summed E-state index contributed by atoms with van der Waals surface area (Å²) in [5.41, 5.74) is 6.97. The molecule has 2 N–H and O–H groups in total. The van der Waals surface area contributed by atoms with Gasteiger partial charge in [-0.15, -0.1) is 4.68 Å². The lowest BCUT2D eigenvalue weighted by Crippen LogP contribution is -2.61. The SMILES string of the molecule is CCCCc1nc(Cl)c(CO)n1Cc1ccc(-c2ccccc2)c(-c2nn[nH][n+]2C(c2ccccc2)(c2ccccc2)c2ccccc2)c1. The smallest absolute Gasteiger partial charge is 0.334 e. The van der Waals surface area contributed by atoms with Gasteiger partial charge in [-0.1, -0.05) is 164 Å². The molecule has 0 radical (unpaired) electrons. The van der Waals surface area contributed by atoms with E-state index >= 15 is 0 Å². The van der Waals surface area contributed by atoms with Crippen LogP contribution >= 0.6 is 11.6 Å². The molecule has 0 aliphatic heterocycles. The molecule has 2 aromatic heterocycles. The Labute approximate surface area is 291 Å². The molecule has 0 aliphatic carbocycles. The first-order chi connectivity index (χ1) is 24.1. The Morgan fingerprint density at radius 1 is 0.755 bits per heavy atom. The van der Waals surface area contributed by atoms with E-state index in [0.29, 0.717) is 23.2 Å². The molecule has 7 nitrogen and oxygen atoms in total. The number of halogens is 1. The van der Waals surface area contributed by atoms with Crippen LogP contribution < -0.4 is 4.68 Å². The van der Waals surface area contributed by atoms with Crippen molar-refractivity contribution >= 4 is 11.6 Å². The quantitative estimate of drug-likeness (QED) is 0.102.